The van der Waals surface area contributed by atoms with Gasteiger partial charge in [0.15, 0.2) is 0 Å². The number of nitrogens with zero attached hydrogens (tertiary/aromatic N) is 1. The van der Waals surface area contributed by atoms with Crippen LogP contribution < -0.4 is 0 Å². The van der Waals surface area contributed by atoms with Crippen molar-refractivity contribution in [3.05, 3.63) is 34.9 Å². The molecule has 0 spiro atoms. The van der Waals surface area contributed by atoms with Gasteiger partial charge in [-0.1, -0.05) is 6.92 Å². The van der Waals surface area contributed by atoms with Crippen LogP contribution in [0.15, 0.2) is 12.1 Å². The lowest BCUT2D eigenvalue weighted by Crippen LogP contribution is -2.45. The van der Waals surface area contributed by atoms with E-state index < -0.39 is 23.6 Å². The molecule has 1 saturated heterocycles. The molecule has 0 bridgehead atoms. The third kappa shape index (κ3) is 2.76. The Balaban J connectivity index is 2.23. The Kier molecular flexibility index (Phi) is 3.85. The molecule has 1 amide bonds. The molecule has 0 saturated carbocycles. The maximum atomic E-state index is 13.7. The predicted molar refractivity (Wildman–Crippen MR) is 66.8 cm³/mol. The third-order valence-electron chi connectivity index (χ3n) is 3.63. The summed E-state index contributed by atoms with van der Waals surface area (Å²) in [5.74, 6) is -1.98. The number of benzene rings is 1. The summed E-state index contributed by atoms with van der Waals surface area (Å²) in [6.07, 6.45) is 0.0539. The molecule has 1 aromatic rings. The molecular formula is C14H17F2NO2. The van der Waals surface area contributed by atoms with E-state index in [2.05, 4.69) is 0 Å². The molecule has 0 aromatic heterocycles. The van der Waals surface area contributed by atoms with Gasteiger partial charge >= 0.3 is 0 Å². The van der Waals surface area contributed by atoms with E-state index in [1.54, 1.807) is 0 Å². The fourth-order valence-electron chi connectivity index (χ4n) is 2.31. The van der Waals surface area contributed by atoms with E-state index in [0.29, 0.717) is 19.5 Å². The minimum absolute atomic E-state index is 0.0395. The minimum atomic E-state index is -0.841. The van der Waals surface area contributed by atoms with Crippen LogP contribution in [0.5, 0.6) is 0 Å². The zero-order chi connectivity index (χ0) is 14.2. The smallest absolute Gasteiger partial charge is 0.256 e. The first-order valence-corrected chi connectivity index (χ1v) is 6.33. The van der Waals surface area contributed by atoms with E-state index in [1.807, 2.05) is 6.92 Å². The average molecular weight is 269 g/mol. The number of likely N-dealkylation sites (tertiary alicyclic amines) is 1. The number of carbonyl (C=O) groups excluding carboxylic acids is 1. The van der Waals surface area contributed by atoms with Gasteiger partial charge in [-0.2, -0.15) is 0 Å². The highest BCUT2D eigenvalue weighted by atomic mass is 19.1. The van der Waals surface area contributed by atoms with Gasteiger partial charge in [0.1, 0.15) is 11.6 Å². The van der Waals surface area contributed by atoms with Crippen molar-refractivity contribution >= 4 is 5.91 Å². The number of piperidine rings is 1. The van der Waals surface area contributed by atoms with Gasteiger partial charge in [-0.3, -0.25) is 4.79 Å². The lowest BCUT2D eigenvalue weighted by Gasteiger charge is -2.34. The first-order valence-electron chi connectivity index (χ1n) is 6.33. The Morgan fingerprint density at radius 1 is 1.37 bits per heavy atom. The van der Waals surface area contributed by atoms with Crippen molar-refractivity contribution in [2.45, 2.75) is 26.4 Å². The summed E-state index contributed by atoms with van der Waals surface area (Å²) in [4.78, 5) is 13.7. The Morgan fingerprint density at radius 2 is 2.05 bits per heavy atom. The lowest BCUT2D eigenvalue weighted by atomic mass is 9.96. The number of halogens is 2. The second-order valence-corrected chi connectivity index (χ2v) is 5.17. The summed E-state index contributed by atoms with van der Waals surface area (Å²) in [6, 6.07) is 1.98. The van der Waals surface area contributed by atoms with Crippen LogP contribution in [-0.4, -0.2) is 35.1 Å². The third-order valence-corrected chi connectivity index (χ3v) is 3.63. The van der Waals surface area contributed by atoms with Crippen molar-refractivity contribution in [2.24, 2.45) is 5.92 Å². The molecule has 1 aromatic carbocycles. The minimum Gasteiger partial charge on any atom is -0.393 e. The van der Waals surface area contributed by atoms with Crippen molar-refractivity contribution in [1.82, 2.24) is 4.90 Å². The summed E-state index contributed by atoms with van der Waals surface area (Å²) in [6.45, 7) is 4.11. The quantitative estimate of drug-likeness (QED) is 0.848. The zero-order valence-electron chi connectivity index (χ0n) is 11.0. The maximum absolute atomic E-state index is 13.7. The second-order valence-electron chi connectivity index (χ2n) is 5.17. The van der Waals surface area contributed by atoms with Gasteiger partial charge in [0.2, 0.25) is 0 Å². The van der Waals surface area contributed by atoms with E-state index >= 15 is 0 Å². The van der Waals surface area contributed by atoms with Gasteiger partial charge in [-0.05, 0) is 30.9 Å². The Morgan fingerprint density at radius 3 is 2.68 bits per heavy atom. The van der Waals surface area contributed by atoms with Gasteiger partial charge in [0.25, 0.3) is 5.91 Å². The maximum Gasteiger partial charge on any atom is 0.256 e. The zero-order valence-corrected chi connectivity index (χ0v) is 11.0. The van der Waals surface area contributed by atoms with Crippen LogP contribution in [0, 0.1) is 24.5 Å². The highest BCUT2D eigenvalue weighted by Crippen LogP contribution is 2.21. The van der Waals surface area contributed by atoms with Crippen molar-refractivity contribution < 1.29 is 18.7 Å². The van der Waals surface area contributed by atoms with Crippen molar-refractivity contribution in [3.8, 4) is 0 Å². The molecule has 104 valence electrons. The Hall–Kier alpha value is -1.49. The molecular weight excluding hydrogens is 252 g/mol. The van der Waals surface area contributed by atoms with Gasteiger partial charge in [0.05, 0.1) is 11.7 Å². The number of hydrogen-bond donors (Lipinski definition) is 1. The molecule has 2 unspecified atom stereocenters. The molecule has 19 heavy (non-hydrogen) atoms. The highest BCUT2D eigenvalue weighted by molar-refractivity contribution is 5.94. The molecule has 0 aliphatic carbocycles. The van der Waals surface area contributed by atoms with E-state index in [9.17, 15) is 18.7 Å². The Bertz CT molecular complexity index is 504. The SMILES string of the molecule is Cc1cc(C(=O)N2CCC(O)C(C)C2)c(F)cc1F. The number of aryl methyl sites for hydroxylation is 1. The summed E-state index contributed by atoms with van der Waals surface area (Å²) >= 11 is 0. The molecule has 2 atom stereocenters. The molecule has 3 nitrogen and oxygen atoms in total. The number of rotatable bonds is 1. The summed E-state index contributed by atoms with van der Waals surface area (Å²) in [7, 11) is 0. The normalized spacial score (nSPS) is 23.5. The van der Waals surface area contributed by atoms with Crippen molar-refractivity contribution in [2.75, 3.05) is 13.1 Å². The topological polar surface area (TPSA) is 40.5 Å². The van der Waals surface area contributed by atoms with Crippen LogP contribution in [0.2, 0.25) is 0 Å². The molecule has 1 aliphatic rings. The van der Waals surface area contributed by atoms with Gasteiger partial charge in [-0.25, -0.2) is 8.78 Å². The van der Waals surface area contributed by atoms with Gasteiger partial charge in [-0.15, -0.1) is 0 Å². The second kappa shape index (κ2) is 5.25. The van der Waals surface area contributed by atoms with Crippen molar-refractivity contribution in [3.63, 3.8) is 0 Å². The molecule has 1 N–H and O–H groups in total. The fourth-order valence-corrected chi connectivity index (χ4v) is 2.31. The number of hydrogen-bond acceptors (Lipinski definition) is 2. The highest BCUT2D eigenvalue weighted by Gasteiger charge is 2.29. The number of amides is 1. The average Bonchev–Trinajstić information content (AvgIpc) is 2.36. The number of aliphatic hydroxyl groups is 1. The van der Waals surface area contributed by atoms with E-state index in [-0.39, 0.29) is 17.0 Å². The number of carbonyl (C=O) groups is 1. The molecule has 1 heterocycles. The number of aliphatic hydroxyl groups excluding tert-OH is 1. The van der Waals surface area contributed by atoms with Crippen LogP contribution in [0.25, 0.3) is 0 Å². The monoisotopic (exact) mass is 269 g/mol. The van der Waals surface area contributed by atoms with E-state index in [1.165, 1.54) is 17.9 Å². The molecule has 5 heteroatoms. The summed E-state index contributed by atoms with van der Waals surface area (Å²) in [5.41, 5.74) is 0.136. The standard InChI is InChI=1S/C14H17F2NO2/c1-8-5-10(12(16)6-11(8)15)14(19)17-4-3-13(18)9(2)7-17/h5-6,9,13,18H,3-4,7H2,1-2H3. The van der Waals surface area contributed by atoms with E-state index in [0.717, 1.165) is 6.07 Å². The molecule has 0 radical (unpaired) electrons. The molecule has 1 fully saturated rings. The first-order chi connectivity index (χ1) is 8.90. The summed E-state index contributed by atoms with van der Waals surface area (Å²) in [5, 5.41) is 9.62. The Labute approximate surface area is 110 Å². The molecule has 1 aliphatic heterocycles. The summed E-state index contributed by atoms with van der Waals surface area (Å²) < 4.78 is 26.9. The predicted octanol–water partition coefficient (Wildman–Crippen LogP) is 2.12. The largest absolute Gasteiger partial charge is 0.393 e. The van der Waals surface area contributed by atoms with Crippen LogP contribution in [-0.2, 0) is 0 Å². The van der Waals surface area contributed by atoms with Crippen molar-refractivity contribution in [1.29, 1.82) is 0 Å². The van der Waals surface area contributed by atoms with Crippen LogP contribution in [0.4, 0.5) is 8.78 Å². The lowest BCUT2D eigenvalue weighted by molar-refractivity contribution is 0.0295. The van der Waals surface area contributed by atoms with Crippen LogP contribution in [0.3, 0.4) is 0 Å². The van der Waals surface area contributed by atoms with E-state index in [4.69, 9.17) is 0 Å². The van der Waals surface area contributed by atoms with Crippen LogP contribution in [0.1, 0.15) is 29.3 Å². The van der Waals surface area contributed by atoms with Crippen LogP contribution >= 0.6 is 0 Å². The molecule has 2 rings (SSSR count). The first kappa shape index (κ1) is 13.9. The van der Waals surface area contributed by atoms with Gasteiger partial charge < -0.3 is 10.0 Å². The fraction of sp³-hybridized carbons (Fsp3) is 0.500. The van der Waals surface area contributed by atoms with Gasteiger partial charge in [0, 0.05) is 19.2 Å².